The maximum atomic E-state index is 2.52. The topological polar surface area (TPSA) is 0 Å². The van der Waals surface area contributed by atoms with Gasteiger partial charge in [0.1, 0.15) is 0 Å². The van der Waals surface area contributed by atoms with E-state index in [-0.39, 0.29) is 0 Å². The van der Waals surface area contributed by atoms with Gasteiger partial charge in [-0.05, 0) is 53.6 Å². The molecule has 0 spiro atoms. The Labute approximate surface area is 159 Å². The van der Waals surface area contributed by atoms with Crippen molar-refractivity contribution in [3.63, 3.8) is 0 Å². The highest BCUT2D eigenvalue weighted by Gasteiger charge is 2.34. The van der Waals surface area contributed by atoms with E-state index >= 15 is 0 Å². The molecule has 0 heteroatoms. The maximum absolute atomic E-state index is 2.52. The molecule has 2 atom stereocenters. The second-order valence-corrected chi connectivity index (χ2v) is 8.37. The van der Waals surface area contributed by atoms with Gasteiger partial charge in [0.05, 0.1) is 0 Å². The van der Waals surface area contributed by atoms with Gasteiger partial charge in [0, 0.05) is 11.8 Å². The Morgan fingerprint density at radius 2 is 1.54 bits per heavy atom. The first-order chi connectivity index (χ1) is 12.7. The summed E-state index contributed by atoms with van der Waals surface area (Å²) in [5, 5.41) is 0. The van der Waals surface area contributed by atoms with Gasteiger partial charge in [-0.3, -0.25) is 0 Å². The van der Waals surface area contributed by atoms with E-state index in [9.17, 15) is 0 Å². The summed E-state index contributed by atoms with van der Waals surface area (Å²) in [6.07, 6.45) is 14.6. The molecule has 2 aliphatic rings. The number of hydrogen-bond acceptors (Lipinski definition) is 0. The average molecular weight is 345 g/mol. The van der Waals surface area contributed by atoms with Crippen LogP contribution in [-0.2, 0) is 0 Å². The lowest BCUT2D eigenvalue weighted by Crippen LogP contribution is -2.10. The van der Waals surface area contributed by atoms with Crippen LogP contribution in [0.5, 0.6) is 0 Å². The van der Waals surface area contributed by atoms with Gasteiger partial charge in [-0.15, -0.1) is 0 Å². The van der Waals surface area contributed by atoms with Gasteiger partial charge in [0.2, 0.25) is 0 Å². The Morgan fingerprint density at radius 1 is 0.769 bits per heavy atom. The van der Waals surface area contributed by atoms with Crippen molar-refractivity contribution in [3.05, 3.63) is 70.3 Å². The van der Waals surface area contributed by atoms with Gasteiger partial charge in [-0.1, -0.05) is 93.5 Å². The lowest BCUT2D eigenvalue weighted by atomic mass is 9.77. The zero-order valence-electron chi connectivity index (χ0n) is 16.6. The summed E-state index contributed by atoms with van der Waals surface area (Å²) in [5.74, 6) is 1.10. The smallest absolute Gasteiger partial charge is 0.0285 e. The van der Waals surface area contributed by atoms with Crippen LogP contribution >= 0.6 is 0 Å². The summed E-state index contributed by atoms with van der Waals surface area (Å²) in [4.78, 5) is 0. The van der Waals surface area contributed by atoms with Crippen molar-refractivity contribution >= 4 is 0 Å². The number of aryl methyl sites for hydroxylation is 2. The first-order valence-electron chi connectivity index (χ1n) is 10.6. The SMILES string of the molecule is CCCCCCCCC1C=CC2c3cc(C)ccc3-c3ccc(C)c1c32. The fraction of sp³-hybridized carbons (Fsp3) is 0.462. The van der Waals surface area contributed by atoms with Crippen molar-refractivity contribution in [2.75, 3.05) is 0 Å². The largest absolute Gasteiger partial charge is 0.0800 e. The molecule has 0 nitrogen and oxygen atoms in total. The average Bonchev–Trinajstić information content (AvgIpc) is 2.95. The first kappa shape index (κ1) is 17.6. The highest BCUT2D eigenvalue weighted by molar-refractivity contribution is 5.83. The molecular formula is C26H32. The predicted octanol–water partition coefficient (Wildman–Crippen LogP) is 7.82. The van der Waals surface area contributed by atoms with Gasteiger partial charge < -0.3 is 0 Å². The molecule has 0 heterocycles. The number of allylic oxidation sites excluding steroid dienone is 2. The van der Waals surface area contributed by atoms with Crippen molar-refractivity contribution < 1.29 is 0 Å². The molecule has 0 aliphatic heterocycles. The number of rotatable bonds is 7. The van der Waals surface area contributed by atoms with Crippen LogP contribution < -0.4 is 0 Å². The normalized spacial score (nSPS) is 19.5. The van der Waals surface area contributed by atoms with Crippen LogP contribution in [0.1, 0.15) is 91.5 Å². The monoisotopic (exact) mass is 344 g/mol. The van der Waals surface area contributed by atoms with Crippen molar-refractivity contribution in [2.24, 2.45) is 0 Å². The third-order valence-electron chi connectivity index (χ3n) is 6.42. The van der Waals surface area contributed by atoms with Crippen LogP contribution in [-0.4, -0.2) is 0 Å². The van der Waals surface area contributed by atoms with E-state index in [1.54, 1.807) is 11.1 Å². The second kappa shape index (κ2) is 7.43. The molecule has 0 fully saturated rings. The van der Waals surface area contributed by atoms with E-state index in [0.717, 1.165) is 0 Å². The van der Waals surface area contributed by atoms with E-state index < -0.39 is 0 Å². The van der Waals surface area contributed by atoms with Crippen molar-refractivity contribution in [3.8, 4) is 11.1 Å². The summed E-state index contributed by atoms with van der Waals surface area (Å²) in [6, 6.07) is 11.7. The van der Waals surface area contributed by atoms with Crippen LogP contribution in [0.25, 0.3) is 11.1 Å². The van der Waals surface area contributed by atoms with E-state index in [1.165, 1.54) is 72.8 Å². The van der Waals surface area contributed by atoms with E-state index in [1.807, 2.05) is 0 Å². The zero-order valence-corrected chi connectivity index (χ0v) is 16.6. The predicted molar refractivity (Wildman–Crippen MR) is 113 cm³/mol. The third-order valence-corrected chi connectivity index (χ3v) is 6.42. The standard InChI is InChI=1S/C26H32/c1-4-5-6-7-8-9-10-20-13-16-23-24-17-18(2)11-14-21(24)22-15-12-19(3)25(20)26(22)23/h11-17,20,23H,4-10H2,1-3H3. The molecule has 2 unspecified atom stereocenters. The minimum atomic E-state index is 0.482. The van der Waals surface area contributed by atoms with Gasteiger partial charge >= 0.3 is 0 Å². The molecule has 136 valence electrons. The van der Waals surface area contributed by atoms with E-state index in [0.29, 0.717) is 11.8 Å². The van der Waals surface area contributed by atoms with Gasteiger partial charge in [-0.2, -0.15) is 0 Å². The van der Waals surface area contributed by atoms with Gasteiger partial charge in [-0.25, -0.2) is 0 Å². The minimum Gasteiger partial charge on any atom is -0.0800 e. The molecule has 4 rings (SSSR count). The minimum absolute atomic E-state index is 0.482. The summed E-state index contributed by atoms with van der Waals surface area (Å²) in [7, 11) is 0. The van der Waals surface area contributed by atoms with Crippen molar-refractivity contribution in [2.45, 2.75) is 77.6 Å². The molecule has 0 bridgehead atoms. The molecule has 2 aromatic carbocycles. The molecule has 0 saturated carbocycles. The highest BCUT2D eigenvalue weighted by Crippen LogP contribution is 2.52. The van der Waals surface area contributed by atoms with E-state index in [2.05, 4.69) is 63.3 Å². The molecule has 0 aromatic heterocycles. The molecule has 0 radical (unpaired) electrons. The molecule has 0 saturated heterocycles. The lowest BCUT2D eigenvalue weighted by molar-refractivity contribution is 0.568. The van der Waals surface area contributed by atoms with Gasteiger partial charge in [0.15, 0.2) is 0 Å². The van der Waals surface area contributed by atoms with Crippen molar-refractivity contribution in [1.29, 1.82) is 0 Å². The number of benzene rings is 2. The molecule has 0 N–H and O–H groups in total. The summed E-state index contributed by atoms with van der Waals surface area (Å²) in [6.45, 7) is 6.82. The van der Waals surface area contributed by atoms with Crippen LogP contribution in [0.15, 0.2) is 42.5 Å². The Bertz CT molecular complexity index is 824. The quantitative estimate of drug-likeness (QED) is 0.355. The summed E-state index contributed by atoms with van der Waals surface area (Å²) >= 11 is 0. The Balaban J connectivity index is 1.59. The Hall–Kier alpha value is -1.82. The number of fused-ring (bicyclic) bond motifs is 3. The summed E-state index contributed by atoms with van der Waals surface area (Å²) in [5.41, 5.74) is 10.6. The first-order valence-corrected chi connectivity index (χ1v) is 10.6. The van der Waals surface area contributed by atoms with Gasteiger partial charge in [0.25, 0.3) is 0 Å². The molecule has 0 amide bonds. The van der Waals surface area contributed by atoms with Crippen LogP contribution in [0.4, 0.5) is 0 Å². The van der Waals surface area contributed by atoms with Crippen LogP contribution in [0.2, 0.25) is 0 Å². The molecule has 2 aliphatic carbocycles. The summed E-state index contributed by atoms with van der Waals surface area (Å²) < 4.78 is 0. The lowest BCUT2D eigenvalue weighted by Gasteiger charge is -2.27. The maximum Gasteiger partial charge on any atom is 0.0285 e. The zero-order chi connectivity index (χ0) is 18.1. The number of hydrogen-bond donors (Lipinski definition) is 0. The van der Waals surface area contributed by atoms with E-state index in [4.69, 9.17) is 0 Å². The Morgan fingerprint density at radius 3 is 2.38 bits per heavy atom. The second-order valence-electron chi connectivity index (χ2n) is 8.37. The molecular weight excluding hydrogens is 312 g/mol. The fourth-order valence-corrected chi connectivity index (χ4v) is 5.07. The third kappa shape index (κ3) is 3.04. The Kier molecular flexibility index (Phi) is 5.02. The molecule has 26 heavy (non-hydrogen) atoms. The highest BCUT2D eigenvalue weighted by atomic mass is 14.4. The number of unbranched alkanes of at least 4 members (excludes halogenated alkanes) is 5. The molecule has 2 aromatic rings. The van der Waals surface area contributed by atoms with Crippen molar-refractivity contribution in [1.82, 2.24) is 0 Å². The van der Waals surface area contributed by atoms with Crippen LogP contribution in [0, 0.1) is 13.8 Å². The fourth-order valence-electron chi connectivity index (χ4n) is 5.07. The van der Waals surface area contributed by atoms with Crippen LogP contribution in [0.3, 0.4) is 0 Å².